The van der Waals surface area contributed by atoms with Gasteiger partial charge >= 0.3 is 0 Å². The molecule has 1 aliphatic rings. The van der Waals surface area contributed by atoms with Gasteiger partial charge in [-0.2, -0.15) is 0 Å². The van der Waals surface area contributed by atoms with Crippen molar-refractivity contribution in [2.45, 2.75) is 12.5 Å². The van der Waals surface area contributed by atoms with E-state index in [-0.39, 0.29) is 6.61 Å². The Morgan fingerprint density at radius 1 is 1.27 bits per heavy atom. The number of primary amides is 1. The van der Waals surface area contributed by atoms with Crippen LogP contribution in [0.5, 0.6) is 5.75 Å². The van der Waals surface area contributed by atoms with E-state index in [4.69, 9.17) is 10.5 Å². The maximum Gasteiger partial charge on any atom is 0.255 e. The van der Waals surface area contributed by atoms with Crippen molar-refractivity contribution < 1.29 is 9.53 Å². The molecule has 5 nitrogen and oxygen atoms in total. The lowest BCUT2D eigenvalue weighted by Crippen LogP contribution is -2.44. The first-order valence-electron chi connectivity index (χ1n) is 7.34. The quantitative estimate of drug-likeness (QED) is 0.878. The Bertz CT molecular complexity index is 639. The molecule has 1 aromatic carbocycles. The summed E-state index contributed by atoms with van der Waals surface area (Å²) in [7, 11) is 0. The number of amides is 1. The molecule has 0 atom stereocenters. The van der Waals surface area contributed by atoms with Crippen LogP contribution in [0.15, 0.2) is 48.7 Å². The molecule has 0 bridgehead atoms. The highest BCUT2D eigenvalue weighted by atomic mass is 16.5. The zero-order valence-corrected chi connectivity index (χ0v) is 12.3. The first-order chi connectivity index (χ1) is 10.7. The second kappa shape index (κ2) is 6.58. The van der Waals surface area contributed by atoms with Crippen LogP contribution >= 0.6 is 0 Å². The summed E-state index contributed by atoms with van der Waals surface area (Å²) in [4.78, 5) is 17.5. The minimum atomic E-state index is -0.466. The highest BCUT2D eigenvalue weighted by molar-refractivity contribution is 5.75. The van der Waals surface area contributed by atoms with E-state index in [0.717, 1.165) is 25.3 Å². The normalized spacial score (nSPS) is 15.3. The first-order valence-corrected chi connectivity index (χ1v) is 7.34. The molecule has 1 aliphatic heterocycles. The molecule has 114 valence electrons. The number of benzene rings is 1. The van der Waals surface area contributed by atoms with Gasteiger partial charge in [0.2, 0.25) is 0 Å². The molecule has 0 radical (unpaired) electrons. The fourth-order valence-electron chi connectivity index (χ4n) is 2.65. The Kier molecular flexibility index (Phi) is 4.34. The summed E-state index contributed by atoms with van der Waals surface area (Å²) >= 11 is 0. The van der Waals surface area contributed by atoms with Gasteiger partial charge in [-0.05, 0) is 29.8 Å². The van der Waals surface area contributed by atoms with Gasteiger partial charge in [-0.1, -0.05) is 18.2 Å². The number of aromatic nitrogens is 1. The third kappa shape index (κ3) is 3.62. The van der Waals surface area contributed by atoms with E-state index in [1.54, 1.807) is 0 Å². The number of hydrogen-bond donors (Lipinski definition) is 1. The summed E-state index contributed by atoms with van der Waals surface area (Å²) < 4.78 is 5.33. The van der Waals surface area contributed by atoms with Crippen LogP contribution < -0.4 is 10.5 Å². The summed E-state index contributed by atoms with van der Waals surface area (Å²) in [6.45, 7) is 2.82. The molecule has 1 aromatic heterocycles. The molecule has 3 rings (SSSR count). The lowest BCUT2D eigenvalue weighted by atomic mass is 9.95. The number of carbonyl (C=O) groups is 1. The van der Waals surface area contributed by atoms with Crippen molar-refractivity contribution in [2.24, 2.45) is 5.73 Å². The van der Waals surface area contributed by atoms with Gasteiger partial charge in [0.25, 0.3) is 5.91 Å². The fourth-order valence-corrected chi connectivity index (χ4v) is 2.65. The van der Waals surface area contributed by atoms with Crippen LogP contribution in [0.1, 0.15) is 17.2 Å². The largest absolute Gasteiger partial charge is 0.484 e. The van der Waals surface area contributed by atoms with Crippen molar-refractivity contribution in [1.82, 2.24) is 9.88 Å². The smallest absolute Gasteiger partial charge is 0.255 e. The number of rotatable bonds is 6. The highest BCUT2D eigenvalue weighted by Crippen LogP contribution is 2.27. The highest BCUT2D eigenvalue weighted by Gasteiger charge is 2.28. The standard InChI is InChI=1S/C17H19N3O2/c18-17(21)12-22-15-5-3-4-13(8-15)9-20-10-14(11-20)16-6-1-2-7-19-16/h1-8,14H,9-12H2,(H2,18,21). The Morgan fingerprint density at radius 2 is 2.14 bits per heavy atom. The number of ether oxygens (including phenoxy) is 1. The van der Waals surface area contributed by atoms with Crippen molar-refractivity contribution in [3.05, 3.63) is 59.9 Å². The average Bonchev–Trinajstić information content (AvgIpc) is 2.50. The van der Waals surface area contributed by atoms with E-state index in [1.165, 1.54) is 5.56 Å². The van der Waals surface area contributed by atoms with Crippen molar-refractivity contribution in [2.75, 3.05) is 19.7 Å². The van der Waals surface area contributed by atoms with E-state index in [9.17, 15) is 4.79 Å². The molecule has 2 N–H and O–H groups in total. The molecule has 0 aliphatic carbocycles. The topological polar surface area (TPSA) is 68.5 Å². The lowest BCUT2D eigenvalue weighted by molar-refractivity contribution is -0.119. The third-order valence-electron chi connectivity index (χ3n) is 3.75. The summed E-state index contributed by atoms with van der Waals surface area (Å²) in [6.07, 6.45) is 1.84. The fraction of sp³-hybridized carbons (Fsp3) is 0.294. The maximum atomic E-state index is 10.7. The molecule has 0 spiro atoms. The van der Waals surface area contributed by atoms with Crippen LogP contribution in [0, 0.1) is 0 Å². The lowest BCUT2D eigenvalue weighted by Gasteiger charge is -2.39. The van der Waals surface area contributed by atoms with Crippen LogP contribution in [-0.4, -0.2) is 35.5 Å². The predicted octanol–water partition coefficient (Wildman–Crippen LogP) is 1.55. The van der Waals surface area contributed by atoms with Crippen LogP contribution in [0.25, 0.3) is 0 Å². The first kappa shape index (κ1) is 14.5. The Hall–Kier alpha value is -2.40. The van der Waals surface area contributed by atoms with E-state index in [1.807, 2.05) is 36.5 Å². The van der Waals surface area contributed by atoms with Crippen molar-refractivity contribution in [3.8, 4) is 5.75 Å². The van der Waals surface area contributed by atoms with Gasteiger partial charge in [-0.25, -0.2) is 0 Å². The van der Waals surface area contributed by atoms with Crippen molar-refractivity contribution in [1.29, 1.82) is 0 Å². The number of nitrogens with zero attached hydrogens (tertiary/aromatic N) is 2. The number of nitrogens with two attached hydrogens (primary N) is 1. The summed E-state index contributed by atoms with van der Waals surface area (Å²) in [5.41, 5.74) is 7.41. The number of likely N-dealkylation sites (tertiary alicyclic amines) is 1. The van der Waals surface area contributed by atoms with Gasteiger partial charge in [0.15, 0.2) is 6.61 Å². The molecule has 0 saturated carbocycles. The Labute approximate surface area is 129 Å². The number of carbonyl (C=O) groups excluding carboxylic acids is 1. The van der Waals surface area contributed by atoms with Crippen molar-refractivity contribution >= 4 is 5.91 Å². The second-order valence-electron chi connectivity index (χ2n) is 5.55. The van der Waals surface area contributed by atoms with E-state index in [0.29, 0.717) is 11.7 Å². The molecule has 5 heteroatoms. The molecule has 2 heterocycles. The van der Waals surface area contributed by atoms with Crippen LogP contribution in [0.4, 0.5) is 0 Å². The second-order valence-corrected chi connectivity index (χ2v) is 5.55. The van der Waals surface area contributed by atoms with Gasteiger partial charge in [0, 0.05) is 37.4 Å². The summed E-state index contributed by atoms with van der Waals surface area (Å²) in [5, 5.41) is 0. The van der Waals surface area contributed by atoms with E-state index in [2.05, 4.69) is 22.0 Å². The molecule has 2 aromatic rings. The van der Waals surface area contributed by atoms with Gasteiger partial charge in [0.1, 0.15) is 5.75 Å². The molecular formula is C17H19N3O2. The zero-order valence-electron chi connectivity index (χ0n) is 12.3. The molecule has 1 amide bonds. The van der Waals surface area contributed by atoms with Crippen molar-refractivity contribution in [3.63, 3.8) is 0 Å². The minimum Gasteiger partial charge on any atom is -0.484 e. The molecule has 1 fully saturated rings. The maximum absolute atomic E-state index is 10.7. The van der Waals surface area contributed by atoms with Crippen LogP contribution in [-0.2, 0) is 11.3 Å². The van der Waals surface area contributed by atoms with E-state index >= 15 is 0 Å². The van der Waals surface area contributed by atoms with E-state index < -0.39 is 5.91 Å². The van der Waals surface area contributed by atoms with Gasteiger partial charge in [-0.15, -0.1) is 0 Å². The van der Waals surface area contributed by atoms with Crippen LogP contribution in [0.2, 0.25) is 0 Å². The van der Waals surface area contributed by atoms with Gasteiger partial charge < -0.3 is 10.5 Å². The minimum absolute atomic E-state index is 0.0884. The third-order valence-corrected chi connectivity index (χ3v) is 3.75. The predicted molar refractivity (Wildman–Crippen MR) is 83.4 cm³/mol. The molecular weight excluding hydrogens is 278 g/mol. The molecule has 0 unspecified atom stereocenters. The zero-order chi connectivity index (χ0) is 15.4. The number of pyridine rings is 1. The average molecular weight is 297 g/mol. The van der Waals surface area contributed by atoms with Gasteiger partial charge in [0.05, 0.1) is 0 Å². The SMILES string of the molecule is NC(=O)COc1cccc(CN2CC(c3ccccn3)C2)c1. The number of hydrogen-bond acceptors (Lipinski definition) is 4. The summed E-state index contributed by atoms with van der Waals surface area (Å²) in [5.74, 6) is 0.736. The van der Waals surface area contributed by atoms with Crippen LogP contribution in [0.3, 0.4) is 0 Å². The molecule has 22 heavy (non-hydrogen) atoms. The molecule has 1 saturated heterocycles. The monoisotopic (exact) mass is 297 g/mol. The summed E-state index contributed by atoms with van der Waals surface area (Å²) in [6, 6.07) is 13.8. The van der Waals surface area contributed by atoms with Gasteiger partial charge in [-0.3, -0.25) is 14.7 Å². The Morgan fingerprint density at radius 3 is 2.86 bits per heavy atom. The Balaban J connectivity index is 1.52.